The van der Waals surface area contributed by atoms with E-state index in [-0.39, 0.29) is 98.9 Å². The number of amides is 7. The molecule has 41 heteroatoms. The van der Waals surface area contributed by atoms with Gasteiger partial charge in [-0.25, -0.2) is 57.6 Å². The molecule has 93 heavy (non-hydrogen) atoms. The van der Waals surface area contributed by atoms with Crippen molar-refractivity contribution >= 4 is 114 Å². The monoisotopic (exact) mass is 1370 g/mol. The Bertz CT molecular complexity index is 3650. The third-order valence-corrected chi connectivity index (χ3v) is 17.2. The molecular weight excluding hydrogens is 1300 g/mol. The molecule has 0 bridgehead atoms. The second-order valence-electron chi connectivity index (χ2n) is 21.9. The lowest BCUT2D eigenvalue weighted by molar-refractivity contribution is -0.140. The molecule has 0 radical (unpaired) electrons. The summed E-state index contributed by atoms with van der Waals surface area (Å²) in [7, 11) is -3.87. The fourth-order valence-electron chi connectivity index (χ4n) is 9.88. The number of alkyl halides is 2. The van der Waals surface area contributed by atoms with E-state index in [1.54, 1.807) is 26.0 Å². The number of likely N-dealkylation sites (N-methyl/N-ethyl adjacent to an activating group) is 1. The number of nitrogens with zero attached hydrogens (tertiary/aromatic N) is 9. The van der Waals surface area contributed by atoms with Crippen LogP contribution in [0.4, 0.5) is 40.5 Å². The number of hydrogen-bond acceptors (Lipinski definition) is 25. The summed E-state index contributed by atoms with van der Waals surface area (Å²) in [6.45, 7) is -2.11. The van der Waals surface area contributed by atoms with Crippen LogP contribution >= 0.6 is 14.5 Å². The average Bonchev–Trinajstić information content (AvgIpc) is 1.62. The number of rotatable bonds is 25. The highest BCUT2D eigenvalue weighted by molar-refractivity contribution is 8.07. The molecule has 0 spiro atoms. The number of phosphoric acid groups is 1. The van der Waals surface area contributed by atoms with Crippen molar-refractivity contribution in [1.29, 1.82) is 0 Å². The average molecular weight is 1370 g/mol. The van der Waals surface area contributed by atoms with Gasteiger partial charge in [-0.1, -0.05) is 32.9 Å². The fourth-order valence-corrected chi connectivity index (χ4v) is 12.3. The Kier molecular flexibility index (Phi) is 23.8. The zero-order valence-electron chi connectivity index (χ0n) is 50.1. The zero-order valence-corrected chi connectivity index (χ0v) is 52.7. The number of carboxylic acid groups (broad SMARTS) is 1. The molecule has 5 aromatic rings. The molecule has 3 unspecified atom stereocenters. The highest BCUT2D eigenvalue weighted by Gasteiger charge is 2.54. The van der Waals surface area contributed by atoms with Gasteiger partial charge in [0, 0.05) is 50.5 Å². The van der Waals surface area contributed by atoms with Crippen molar-refractivity contribution in [2.75, 3.05) is 62.9 Å². The van der Waals surface area contributed by atoms with Gasteiger partial charge in [0.15, 0.2) is 59.0 Å². The normalized spacial score (nSPS) is 24.8. The summed E-state index contributed by atoms with van der Waals surface area (Å²) in [6.07, 6.45) is -12.7. The number of imidazole rings is 2. The Morgan fingerprint density at radius 2 is 1.43 bits per heavy atom. The maximum Gasteiger partial charge on any atom is 0.472 e. The van der Waals surface area contributed by atoms with Crippen LogP contribution in [0.3, 0.4) is 0 Å². The Morgan fingerprint density at radius 3 is 2.08 bits per heavy atom. The molecule has 4 aromatic heterocycles. The van der Waals surface area contributed by atoms with Gasteiger partial charge in [-0.2, -0.15) is 0 Å². The zero-order chi connectivity index (χ0) is 67.5. The van der Waals surface area contributed by atoms with Gasteiger partial charge in [-0.05, 0) is 48.3 Å². The molecule has 0 saturated carbocycles. The molecule has 3 fully saturated rings. The summed E-state index contributed by atoms with van der Waals surface area (Å²) in [5.74, 6) is -5.62. The van der Waals surface area contributed by atoms with Crippen LogP contribution in [0.5, 0.6) is 0 Å². The van der Waals surface area contributed by atoms with E-state index in [4.69, 9.17) is 65.4 Å². The predicted octanol–water partition coefficient (Wildman–Crippen LogP) is 2.39. The van der Waals surface area contributed by atoms with Crippen molar-refractivity contribution in [3.05, 3.63) is 55.1 Å². The van der Waals surface area contributed by atoms with Gasteiger partial charge in [0.25, 0.3) is 0 Å². The molecule has 3 saturated heterocycles. The third kappa shape index (κ3) is 18.6. The first-order valence-corrected chi connectivity index (χ1v) is 32.7. The number of primary amides is 1. The maximum atomic E-state index is 16.7. The molecule has 0 aliphatic carbocycles. The lowest BCUT2D eigenvalue weighted by atomic mass is 9.89. The van der Waals surface area contributed by atoms with Crippen LogP contribution in [-0.2, 0) is 84.0 Å². The number of Topliss-reactive ketones (excluding diaryl/α,β-unsaturated/α-hetero) is 1. The number of anilines is 3. The van der Waals surface area contributed by atoms with E-state index < -0.39 is 148 Å². The number of carbonyl (C=O) groups excluding carboxylic acids is 7. The van der Waals surface area contributed by atoms with Gasteiger partial charge in [0.1, 0.15) is 55.8 Å². The van der Waals surface area contributed by atoms with Crippen LogP contribution in [0.15, 0.2) is 49.6 Å². The largest absolute Gasteiger partial charge is 0.481 e. The number of halogens is 2. The minimum atomic E-state index is -5.25. The Hall–Kier alpha value is -8.10. The standard InChI is InChI=1S/C52H68F2N16O20P2S/c1-25(2)37(66-33(72)11-13-57-46(75)26(3)16-34(73)74)30(71)17-28(6-5-12-58-50(56)77)47(76)65-29-9-7-27(8-10-29)18-84-52(79)68(4)14-15-83-51(78)67-43-39-45(62-22-60-43)70(24-64-39)49-36(54)41-31(87-49)19-85-91(80,81)89-40-32(20-86-92(82,93)90-41)88-48(35(40)53)69-23-63-38-42(55)59-21-61-44(38)69/h7-10,21-26,28,31-32,35-37,40-41,48-49H,5-6,11-20H2,1-4H3,(H,57,75)(H,65,76)(H,66,72)(H,73,74)(H,80,81)(H,82,93)(H2,55,59,61)(H3,56,58,77)(H,60,62,67,78)/t26?,28-,31-,32-,35-,36-,37+,40-,41-,48-,49-,92?/m1/s1. The van der Waals surface area contributed by atoms with Crippen molar-refractivity contribution in [2.45, 2.75) is 115 Å². The van der Waals surface area contributed by atoms with Gasteiger partial charge in [-0.3, -0.25) is 52.0 Å². The third-order valence-electron chi connectivity index (χ3n) is 14.7. The van der Waals surface area contributed by atoms with E-state index in [9.17, 15) is 52.7 Å². The first-order valence-electron chi connectivity index (χ1n) is 28.7. The van der Waals surface area contributed by atoms with E-state index in [2.05, 4.69) is 56.5 Å². The Morgan fingerprint density at radius 1 is 0.806 bits per heavy atom. The van der Waals surface area contributed by atoms with Crippen LogP contribution in [0.2, 0.25) is 0 Å². The summed E-state index contributed by atoms with van der Waals surface area (Å²) in [5.41, 5.74) is 11.8. The predicted molar refractivity (Wildman–Crippen MR) is 319 cm³/mol. The number of aromatic nitrogens is 8. The van der Waals surface area contributed by atoms with Crippen molar-refractivity contribution < 1.29 is 104 Å². The number of fused-ring (bicyclic) bond motifs is 4. The second kappa shape index (κ2) is 31.2. The van der Waals surface area contributed by atoms with Gasteiger partial charge >= 0.3 is 38.7 Å². The number of carbonyl (C=O) groups is 8. The minimum Gasteiger partial charge on any atom is -0.481 e. The molecule has 13 atom stereocenters. The SMILES string of the molecule is CC(CC(=O)O)C(=O)NCCC(=O)N[C@H](C(=O)C[C@@H](CCCNC(N)=O)C(=O)Nc1ccc(COC(=O)N(C)CCOC(=O)Nc2ncnc3c2ncn3[C@@H]2O[C@@H]3COP(=O)(O)O[C@H]4[C@@H](F)[C@H](n5cnc6c(N)ncnc65)O[C@@H]4COP(O)(=S)O[C@H]3[C@H]2F)cc1)C(C)C. The quantitative estimate of drug-likeness (QED) is 0.0296. The van der Waals surface area contributed by atoms with Crippen molar-refractivity contribution in [3.63, 3.8) is 0 Å². The van der Waals surface area contributed by atoms with Gasteiger partial charge < -0.3 is 76.0 Å². The van der Waals surface area contributed by atoms with Crippen molar-refractivity contribution in [3.8, 4) is 0 Å². The lowest BCUT2D eigenvalue weighted by Gasteiger charge is -2.28. The molecular formula is C52H68F2N16O20P2S. The molecule has 506 valence electrons. The van der Waals surface area contributed by atoms with Crippen molar-refractivity contribution in [1.82, 2.24) is 59.9 Å². The van der Waals surface area contributed by atoms with Crippen LogP contribution < -0.4 is 38.1 Å². The number of nitrogen functional groups attached to an aromatic ring is 1. The molecule has 1 aromatic carbocycles. The number of urea groups is 1. The first-order chi connectivity index (χ1) is 44.1. The number of benzene rings is 1. The molecule has 7 heterocycles. The van der Waals surface area contributed by atoms with E-state index in [0.29, 0.717) is 11.3 Å². The van der Waals surface area contributed by atoms with Crippen LogP contribution in [0, 0.1) is 17.8 Å². The second-order valence-corrected chi connectivity index (χ2v) is 26.1. The number of nitrogens with two attached hydrogens (primary N) is 2. The van der Waals surface area contributed by atoms with Gasteiger partial charge in [0.2, 0.25) is 17.7 Å². The number of ketones is 1. The summed E-state index contributed by atoms with van der Waals surface area (Å²) < 4.78 is 92.5. The van der Waals surface area contributed by atoms with Crippen LogP contribution in [-0.4, -0.2) is 196 Å². The molecule has 3 aliphatic heterocycles. The highest BCUT2D eigenvalue weighted by Crippen LogP contribution is 2.54. The van der Waals surface area contributed by atoms with E-state index in [0.717, 1.165) is 39.3 Å². The van der Waals surface area contributed by atoms with Crippen LogP contribution in [0.25, 0.3) is 22.3 Å². The summed E-state index contributed by atoms with van der Waals surface area (Å²) in [5, 5.41) is 21.7. The minimum absolute atomic E-state index is 0.0223. The maximum absolute atomic E-state index is 16.7. The molecule has 7 amide bonds. The number of nitrogens with one attached hydrogen (secondary N) is 5. The van der Waals surface area contributed by atoms with E-state index in [1.165, 1.54) is 26.1 Å². The number of phosphoric ester groups is 1. The number of hydrogen-bond donors (Lipinski definition) is 10. The number of aliphatic carboxylic acids is 1. The highest BCUT2D eigenvalue weighted by atomic mass is 32.5. The molecule has 12 N–H and O–H groups in total. The van der Waals surface area contributed by atoms with Gasteiger partial charge in [0.05, 0.1) is 44.9 Å². The lowest BCUT2D eigenvalue weighted by Crippen LogP contribution is -2.46. The molecule has 36 nitrogen and oxygen atoms in total. The van der Waals surface area contributed by atoms with Crippen molar-refractivity contribution in [2.24, 2.45) is 23.5 Å². The van der Waals surface area contributed by atoms with Crippen LogP contribution in [0.1, 0.15) is 70.9 Å². The topological polar surface area (TPSA) is 491 Å². The van der Waals surface area contributed by atoms with Gasteiger partial charge in [-0.15, -0.1) is 0 Å². The van der Waals surface area contributed by atoms with E-state index in [1.807, 2.05) is 0 Å². The number of carboxylic acids is 1. The Labute approximate surface area is 531 Å². The smallest absolute Gasteiger partial charge is 0.472 e. The first kappa shape index (κ1) is 70.8. The summed E-state index contributed by atoms with van der Waals surface area (Å²) in [4.78, 5) is 148. The Balaban J connectivity index is 0.797. The summed E-state index contributed by atoms with van der Waals surface area (Å²) >= 11 is 5.21. The fraction of sp³-hybridized carbons (Fsp3) is 0.538. The molecule has 8 rings (SSSR count). The summed E-state index contributed by atoms with van der Waals surface area (Å²) in [6, 6.07) is 4.44. The number of ether oxygens (including phenoxy) is 4. The van der Waals surface area contributed by atoms with E-state index >= 15 is 8.78 Å². The molecule has 3 aliphatic rings.